The van der Waals surface area contributed by atoms with Crippen LogP contribution in [0.5, 0.6) is 0 Å². The van der Waals surface area contributed by atoms with Crippen molar-refractivity contribution in [2.75, 3.05) is 4.90 Å². The maximum absolute atomic E-state index is 18.2. The molecule has 3 aromatic heterocycles. The van der Waals surface area contributed by atoms with Crippen LogP contribution in [-0.4, -0.2) is 22.6 Å². The van der Waals surface area contributed by atoms with E-state index in [-0.39, 0.29) is 0 Å². The van der Waals surface area contributed by atoms with E-state index in [2.05, 4.69) is 137 Å². The summed E-state index contributed by atoms with van der Waals surface area (Å²) in [6.45, 7) is 0. The molecule has 0 N–H and O–H groups in total. The molecule has 1 atom stereocenters. The predicted molar refractivity (Wildman–Crippen MR) is 238 cm³/mol. The van der Waals surface area contributed by atoms with Crippen LogP contribution in [0.25, 0.3) is 42.6 Å². The maximum atomic E-state index is 18.2. The van der Waals surface area contributed by atoms with Crippen molar-refractivity contribution in [3.05, 3.63) is 199 Å². The van der Waals surface area contributed by atoms with Gasteiger partial charge in [-0.2, -0.15) is 0 Å². The molecule has 4 heterocycles. The first-order valence-electron chi connectivity index (χ1n) is 19.2. The summed E-state index contributed by atoms with van der Waals surface area (Å²) in [7, 11) is -1.06. The highest BCUT2D eigenvalue weighted by Gasteiger charge is 2.51. The van der Waals surface area contributed by atoms with Gasteiger partial charge in [-0.25, -0.2) is 14.4 Å². The van der Waals surface area contributed by atoms with Crippen LogP contribution in [0, 0.1) is 0 Å². The first-order valence-corrected chi connectivity index (χ1v) is 22.0. The minimum Gasteiger partial charge on any atom is -0.327 e. The van der Waals surface area contributed by atoms with E-state index in [4.69, 9.17) is 9.97 Å². The Hall–Kier alpha value is -6.67. The highest BCUT2D eigenvalue weighted by Crippen LogP contribution is 2.47. The first kappa shape index (κ1) is 33.6. The molecule has 1 aliphatic heterocycles. The molecule has 0 bridgehead atoms. The molecule has 7 aromatic carbocycles. The van der Waals surface area contributed by atoms with Crippen LogP contribution in [0.2, 0.25) is 0 Å². The third-order valence-electron chi connectivity index (χ3n) is 11.6. The van der Waals surface area contributed by atoms with E-state index in [1.165, 1.54) is 20.7 Å². The standard InChI is InChI=1S/C50H35FN4SSi/c1-54-40-25-10-9-24-39(40)53-50(54)34-18-16-17-33(31-34)47(51)38-32-42-49(48-46(38)37-23-8-12-27-43(37)56-48)57(35-19-4-2-5-20-35,36-21-6-3-7-22-36)44-28-13-11-26-41(44)55(42)45-29-14-15-30-52-45/h2-32,47H,1H3. The zero-order valence-corrected chi connectivity index (χ0v) is 32.9. The number of imidazole rings is 1. The third-order valence-corrected chi connectivity index (χ3v) is 17.9. The fourth-order valence-electron chi connectivity index (χ4n) is 9.20. The Morgan fingerprint density at radius 1 is 0.649 bits per heavy atom. The molecule has 0 amide bonds. The van der Waals surface area contributed by atoms with Gasteiger partial charge in [-0.3, -0.25) is 4.90 Å². The Bertz CT molecular complexity index is 3090. The molecule has 0 spiro atoms. The normalized spacial score (nSPS) is 13.8. The van der Waals surface area contributed by atoms with E-state index in [1.54, 1.807) is 11.3 Å². The van der Waals surface area contributed by atoms with Crippen LogP contribution in [0.15, 0.2) is 188 Å². The van der Waals surface area contributed by atoms with Crippen molar-refractivity contribution >= 4 is 88.6 Å². The molecule has 0 fully saturated rings. The van der Waals surface area contributed by atoms with E-state index in [0.29, 0.717) is 11.1 Å². The van der Waals surface area contributed by atoms with Gasteiger partial charge in [-0.15, -0.1) is 11.3 Å². The summed E-state index contributed by atoms with van der Waals surface area (Å²) in [6, 6.07) is 63.5. The van der Waals surface area contributed by atoms with Gasteiger partial charge in [0.25, 0.3) is 0 Å². The van der Waals surface area contributed by atoms with Gasteiger partial charge in [-0.1, -0.05) is 133 Å². The highest BCUT2D eigenvalue weighted by atomic mass is 32.1. The van der Waals surface area contributed by atoms with Crippen LogP contribution >= 0.6 is 11.3 Å². The van der Waals surface area contributed by atoms with Gasteiger partial charge >= 0.3 is 0 Å². The lowest BCUT2D eigenvalue weighted by atomic mass is 9.95. The zero-order chi connectivity index (χ0) is 38.1. The molecule has 0 aliphatic carbocycles. The summed E-state index contributed by atoms with van der Waals surface area (Å²) in [6.07, 6.45) is 0.409. The Morgan fingerprint density at radius 3 is 2.12 bits per heavy atom. The number of thiophene rings is 1. The van der Waals surface area contributed by atoms with Crippen molar-refractivity contribution in [2.24, 2.45) is 7.05 Å². The maximum Gasteiger partial charge on any atom is 0.185 e. The van der Waals surface area contributed by atoms with E-state index in [1.807, 2.05) is 67.8 Å². The average Bonchev–Trinajstić information content (AvgIpc) is 3.84. The second-order valence-corrected chi connectivity index (χ2v) is 19.4. The lowest BCUT2D eigenvalue weighted by molar-refractivity contribution is 0.405. The van der Waals surface area contributed by atoms with Crippen molar-refractivity contribution in [1.29, 1.82) is 0 Å². The number of rotatable bonds is 6. The summed E-state index contributed by atoms with van der Waals surface area (Å²) in [4.78, 5) is 12.2. The summed E-state index contributed by atoms with van der Waals surface area (Å²) >= 11 is 1.78. The number of hydrogen-bond acceptors (Lipinski definition) is 4. The number of benzene rings is 7. The lowest BCUT2D eigenvalue weighted by Gasteiger charge is -2.45. The van der Waals surface area contributed by atoms with Gasteiger partial charge in [0.2, 0.25) is 0 Å². The minimum absolute atomic E-state index is 0.589. The van der Waals surface area contributed by atoms with Gasteiger partial charge < -0.3 is 4.57 Å². The van der Waals surface area contributed by atoms with Crippen LogP contribution in [-0.2, 0) is 7.05 Å². The first-order chi connectivity index (χ1) is 28.1. The molecule has 0 saturated heterocycles. The topological polar surface area (TPSA) is 34.0 Å². The smallest absolute Gasteiger partial charge is 0.185 e. The molecule has 272 valence electrons. The van der Waals surface area contributed by atoms with Crippen LogP contribution in [0.3, 0.4) is 0 Å². The number of aryl methyl sites for hydroxylation is 1. The number of anilines is 3. The molecule has 11 rings (SSSR count). The summed E-state index contributed by atoms with van der Waals surface area (Å²) < 4.78 is 22.5. The van der Waals surface area contributed by atoms with Crippen molar-refractivity contribution < 1.29 is 4.39 Å². The number of alkyl halides is 1. The van der Waals surface area contributed by atoms with Crippen LogP contribution in [0.1, 0.15) is 17.3 Å². The van der Waals surface area contributed by atoms with Gasteiger partial charge in [0.05, 0.1) is 11.0 Å². The molecule has 7 heteroatoms. The van der Waals surface area contributed by atoms with Crippen molar-refractivity contribution in [3.8, 4) is 11.4 Å². The molecule has 10 aromatic rings. The van der Waals surface area contributed by atoms with Crippen molar-refractivity contribution in [3.63, 3.8) is 0 Å². The molecule has 4 nitrogen and oxygen atoms in total. The summed E-state index contributed by atoms with van der Waals surface area (Å²) in [5.74, 6) is 1.60. The predicted octanol–water partition coefficient (Wildman–Crippen LogP) is 10.2. The number of hydrogen-bond donors (Lipinski definition) is 0. The molecule has 0 radical (unpaired) electrons. The van der Waals surface area contributed by atoms with Gasteiger partial charge in [-0.05, 0) is 74.8 Å². The fraction of sp³-hybridized carbons (Fsp3) is 0.0400. The van der Waals surface area contributed by atoms with Gasteiger partial charge in [0, 0.05) is 55.9 Å². The highest BCUT2D eigenvalue weighted by molar-refractivity contribution is 7.31. The van der Waals surface area contributed by atoms with E-state index in [9.17, 15) is 0 Å². The second kappa shape index (κ2) is 13.2. The van der Waals surface area contributed by atoms with Crippen molar-refractivity contribution in [1.82, 2.24) is 14.5 Å². The van der Waals surface area contributed by atoms with Gasteiger partial charge in [0.15, 0.2) is 14.2 Å². The largest absolute Gasteiger partial charge is 0.327 e. The fourth-order valence-corrected chi connectivity index (χ4v) is 16.1. The minimum atomic E-state index is -3.08. The molecule has 1 aliphatic rings. The van der Waals surface area contributed by atoms with Crippen LogP contribution < -0.4 is 25.6 Å². The number of para-hydroxylation sites is 3. The van der Waals surface area contributed by atoms with E-state index in [0.717, 1.165) is 59.8 Å². The van der Waals surface area contributed by atoms with E-state index < -0.39 is 14.2 Å². The molecule has 1 unspecified atom stereocenters. The molecule has 57 heavy (non-hydrogen) atoms. The van der Waals surface area contributed by atoms with Crippen LogP contribution in [0.4, 0.5) is 21.6 Å². The average molecular weight is 771 g/mol. The Balaban J connectivity index is 1.26. The third kappa shape index (κ3) is 5.02. The number of nitrogens with zero attached hydrogens (tertiary/aromatic N) is 4. The zero-order valence-electron chi connectivity index (χ0n) is 31.1. The second-order valence-electron chi connectivity index (χ2n) is 14.7. The Kier molecular flexibility index (Phi) is 7.81. The number of halogens is 1. The SMILES string of the molecule is Cn1c(-c2cccc(C(F)c3cc4c(c5sc6ccccc6c35)[Si](c3ccccc3)(c3ccccc3)c3ccccc3N4c3ccccn3)c2)nc2ccccc21. The van der Waals surface area contributed by atoms with Crippen molar-refractivity contribution in [2.45, 2.75) is 6.17 Å². The number of pyridine rings is 1. The number of aromatic nitrogens is 3. The monoisotopic (exact) mass is 770 g/mol. The Morgan fingerprint density at radius 2 is 1.35 bits per heavy atom. The Labute approximate surface area is 334 Å². The quantitative estimate of drug-likeness (QED) is 0.158. The number of fused-ring (bicyclic) bond motifs is 7. The molecular weight excluding hydrogens is 736 g/mol. The lowest BCUT2D eigenvalue weighted by Crippen LogP contribution is -2.77. The van der Waals surface area contributed by atoms with E-state index >= 15 is 4.39 Å². The summed E-state index contributed by atoms with van der Waals surface area (Å²) in [5, 5.41) is 7.13. The molecule has 0 saturated carbocycles. The van der Waals surface area contributed by atoms with Gasteiger partial charge in [0.1, 0.15) is 11.6 Å². The molecular formula is C50H35FN4SSi. The summed E-state index contributed by atoms with van der Waals surface area (Å²) in [5.41, 5.74) is 6.09.